The zero-order valence-electron chi connectivity index (χ0n) is 19.2. The first-order valence-electron chi connectivity index (χ1n) is 10.6. The molecule has 0 amide bonds. The molecule has 0 rings (SSSR count). The number of aliphatic hydroxyl groups excluding tert-OH is 2. The van der Waals surface area contributed by atoms with Gasteiger partial charge in [0.25, 0.3) is 0 Å². The van der Waals surface area contributed by atoms with Gasteiger partial charge < -0.3 is 20.4 Å². The van der Waals surface area contributed by atoms with Crippen molar-refractivity contribution in [2.45, 2.75) is 98.3 Å². The van der Waals surface area contributed by atoms with Gasteiger partial charge in [-0.25, -0.2) is 9.59 Å². The second-order valence-corrected chi connectivity index (χ2v) is 6.80. The maximum Gasteiger partial charge on any atom is 0.330 e. The van der Waals surface area contributed by atoms with Crippen molar-refractivity contribution in [2.24, 2.45) is 0 Å². The summed E-state index contributed by atoms with van der Waals surface area (Å²) in [5.74, 6) is -1.87. The van der Waals surface area contributed by atoms with Crippen LogP contribution in [0.4, 0.5) is 0 Å². The molecule has 0 bridgehead atoms. The van der Waals surface area contributed by atoms with Crippen LogP contribution >= 0.6 is 0 Å². The molecule has 0 heterocycles. The Morgan fingerprint density at radius 3 is 0.862 bits per heavy atom. The lowest BCUT2D eigenvalue weighted by atomic mass is 10.1. The lowest BCUT2D eigenvalue weighted by Crippen LogP contribution is -1.92. The van der Waals surface area contributed by atoms with Crippen LogP contribution in [-0.2, 0) is 9.59 Å². The third-order valence-electron chi connectivity index (χ3n) is 3.54. The number of rotatable bonds is 13. The number of carboxylic acids is 2. The lowest BCUT2D eigenvalue weighted by Gasteiger charge is -2.00. The molecule has 0 aliphatic heterocycles. The van der Waals surface area contributed by atoms with E-state index in [-0.39, 0.29) is 24.4 Å². The molecule has 4 N–H and O–H groups in total. The highest BCUT2D eigenvalue weighted by molar-refractivity contribution is 5.85. The van der Waals surface area contributed by atoms with E-state index in [1.165, 1.54) is 84.5 Å². The minimum absolute atomic E-state index is 0.125. The third kappa shape index (κ3) is 51.9. The van der Waals surface area contributed by atoms with E-state index >= 15 is 0 Å². The predicted molar refractivity (Wildman–Crippen MR) is 121 cm³/mol. The number of hydrogen-bond donors (Lipinski definition) is 4. The predicted octanol–water partition coefficient (Wildman–Crippen LogP) is 5.58. The molecule has 0 radical (unpaired) electrons. The first-order valence-corrected chi connectivity index (χ1v) is 10.6. The molecule has 0 atom stereocenters. The Kier molecular flexibility index (Phi) is 37.3. The van der Waals surface area contributed by atoms with Crippen molar-refractivity contribution in [2.75, 3.05) is 13.2 Å². The van der Waals surface area contributed by atoms with Gasteiger partial charge in [-0.15, -0.1) is 0 Å². The van der Waals surface area contributed by atoms with Gasteiger partial charge in [-0.2, -0.15) is 0 Å². The fourth-order valence-electron chi connectivity index (χ4n) is 1.74. The minimum Gasteiger partial charge on any atom is -0.478 e. The molecule has 0 aromatic carbocycles. The standard InChI is InChI=1S/C13H28.2C4H6O2.C2H6O2/c1-3-5-7-9-11-13-12-10-8-6-4-2;2*1-3(2)4(5)6;3-1-2-4/h3-13H2,1-2H3;2*1H2,2H3,(H,5,6);3-4H,1-2H2. The number of unbranched alkanes of at least 4 members (excludes halogenated alkanes) is 10. The van der Waals surface area contributed by atoms with Crippen LogP contribution in [-0.4, -0.2) is 45.6 Å². The Morgan fingerprint density at radius 1 is 0.586 bits per heavy atom. The van der Waals surface area contributed by atoms with Crippen LogP contribution in [0.5, 0.6) is 0 Å². The van der Waals surface area contributed by atoms with Crippen LogP contribution in [0, 0.1) is 0 Å². The van der Waals surface area contributed by atoms with E-state index in [0.717, 1.165) is 0 Å². The van der Waals surface area contributed by atoms with Crippen molar-refractivity contribution in [3.05, 3.63) is 24.3 Å². The molecule has 0 aliphatic carbocycles. The summed E-state index contributed by atoms with van der Waals surface area (Å²) in [5, 5.41) is 31.0. The van der Waals surface area contributed by atoms with Crippen LogP contribution in [0.15, 0.2) is 24.3 Å². The van der Waals surface area contributed by atoms with Gasteiger partial charge in [0, 0.05) is 11.1 Å². The van der Waals surface area contributed by atoms with Gasteiger partial charge in [0.05, 0.1) is 13.2 Å². The van der Waals surface area contributed by atoms with Crippen molar-refractivity contribution in [1.82, 2.24) is 0 Å². The van der Waals surface area contributed by atoms with Gasteiger partial charge in [0.1, 0.15) is 0 Å². The van der Waals surface area contributed by atoms with E-state index in [1.54, 1.807) is 0 Å². The number of hydrogen-bond acceptors (Lipinski definition) is 4. The Bertz CT molecular complexity index is 331. The third-order valence-corrected chi connectivity index (χ3v) is 3.54. The smallest absolute Gasteiger partial charge is 0.330 e. The van der Waals surface area contributed by atoms with Crippen LogP contribution in [0.3, 0.4) is 0 Å². The highest BCUT2D eigenvalue weighted by Gasteiger charge is 1.91. The van der Waals surface area contributed by atoms with Crippen molar-refractivity contribution in [3.8, 4) is 0 Å². The zero-order valence-corrected chi connectivity index (χ0v) is 19.2. The first kappa shape index (κ1) is 34.8. The molecular formula is C23H46O6. The molecule has 6 nitrogen and oxygen atoms in total. The summed E-state index contributed by atoms with van der Waals surface area (Å²) in [6.45, 7) is 13.5. The molecule has 0 aromatic heterocycles. The molecule has 29 heavy (non-hydrogen) atoms. The van der Waals surface area contributed by atoms with E-state index < -0.39 is 11.9 Å². The average Bonchev–Trinajstić information content (AvgIpc) is 2.67. The zero-order chi connectivity index (χ0) is 23.5. The topological polar surface area (TPSA) is 115 Å². The molecular weight excluding hydrogens is 372 g/mol. The van der Waals surface area contributed by atoms with E-state index in [9.17, 15) is 9.59 Å². The summed E-state index contributed by atoms with van der Waals surface area (Å²) in [6, 6.07) is 0. The SMILES string of the molecule is C=C(C)C(=O)O.C=C(C)C(=O)O.CCCCCCCCCCCCC.OCCO. The molecule has 0 saturated heterocycles. The Hall–Kier alpha value is -1.66. The van der Waals surface area contributed by atoms with E-state index in [2.05, 4.69) is 27.0 Å². The highest BCUT2D eigenvalue weighted by atomic mass is 16.4. The van der Waals surface area contributed by atoms with Crippen LogP contribution < -0.4 is 0 Å². The van der Waals surface area contributed by atoms with Crippen LogP contribution in [0.1, 0.15) is 98.3 Å². The lowest BCUT2D eigenvalue weighted by molar-refractivity contribution is -0.133. The van der Waals surface area contributed by atoms with E-state index in [4.69, 9.17) is 20.4 Å². The summed E-state index contributed by atoms with van der Waals surface area (Å²) in [6.07, 6.45) is 15.9. The van der Waals surface area contributed by atoms with Crippen LogP contribution in [0.25, 0.3) is 0 Å². The first-order chi connectivity index (χ1) is 13.6. The maximum absolute atomic E-state index is 9.60. The quantitative estimate of drug-likeness (QED) is 0.229. The number of aliphatic carboxylic acids is 2. The number of carboxylic acid groups (broad SMARTS) is 2. The summed E-state index contributed by atoms with van der Waals surface area (Å²) in [5.41, 5.74) is 0.352. The largest absolute Gasteiger partial charge is 0.478 e. The Balaban J connectivity index is -0.000000163. The van der Waals surface area contributed by atoms with Gasteiger partial charge in [0.2, 0.25) is 0 Å². The van der Waals surface area contributed by atoms with Gasteiger partial charge in [-0.05, 0) is 13.8 Å². The summed E-state index contributed by atoms with van der Waals surface area (Å²) >= 11 is 0. The summed E-state index contributed by atoms with van der Waals surface area (Å²) in [7, 11) is 0. The van der Waals surface area contributed by atoms with Gasteiger partial charge >= 0.3 is 11.9 Å². The normalized spacial score (nSPS) is 8.90. The second kappa shape index (κ2) is 31.0. The summed E-state index contributed by atoms with van der Waals surface area (Å²) < 4.78 is 0. The molecule has 0 spiro atoms. The molecule has 174 valence electrons. The molecule has 0 aliphatic rings. The average molecular weight is 419 g/mol. The number of carbonyl (C=O) groups is 2. The molecule has 6 heteroatoms. The molecule has 0 fully saturated rings. The molecule has 0 saturated carbocycles. The van der Waals surface area contributed by atoms with Crippen molar-refractivity contribution >= 4 is 11.9 Å². The highest BCUT2D eigenvalue weighted by Crippen LogP contribution is 2.10. The van der Waals surface area contributed by atoms with E-state index in [0.29, 0.717) is 0 Å². The van der Waals surface area contributed by atoms with Crippen molar-refractivity contribution in [3.63, 3.8) is 0 Å². The Labute approximate surface area is 178 Å². The maximum atomic E-state index is 9.60. The second-order valence-electron chi connectivity index (χ2n) is 6.80. The summed E-state index contributed by atoms with van der Waals surface area (Å²) in [4.78, 5) is 19.2. The van der Waals surface area contributed by atoms with Crippen molar-refractivity contribution < 1.29 is 30.0 Å². The van der Waals surface area contributed by atoms with Crippen LogP contribution in [0.2, 0.25) is 0 Å². The fraction of sp³-hybridized carbons (Fsp3) is 0.739. The molecule has 0 unspecified atom stereocenters. The van der Waals surface area contributed by atoms with E-state index in [1.807, 2.05) is 0 Å². The Morgan fingerprint density at radius 2 is 0.759 bits per heavy atom. The van der Waals surface area contributed by atoms with Gasteiger partial charge in [-0.3, -0.25) is 0 Å². The number of aliphatic hydroxyl groups is 2. The molecule has 0 aromatic rings. The monoisotopic (exact) mass is 418 g/mol. The van der Waals surface area contributed by atoms with Gasteiger partial charge in [-0.1, -0.05) is 97.6 Å². The van der Waals surface area contributed by atoms with Gasteiger partial charge in [0.15, 0.2) is 0 Å². The minimum atomic E-state index is -0.935. The van der Waals surface area contributed by atoms with Crippen molar-refractivity contribution in [1.29, 1.82) is 0 Å². The fourth-order valence-corrected chi connectivity index (χ4v) is 1.74.